The van der Waals surface area contributed by atoms with E-state index in [9.17, 15) is 14.7 Å². The SMILES string of the molecule is CCC(CC(C(N)=O)C(C)C)N1CC(Cc2ccc3c(c2C(=O)O)O[B]C[C@@H]3C)C1. The number of fused-ring (bicyclic) bond motifs is 1. The summed E-state index contributed by atoms with van der Waals surface area (Å²) in [7, 11) is 1.71. The Hall–Kier alpha value is -2.02. The van der Waals surface area contributed by atoms with Gasteiger partial charge in [0.15, 0.2) is 0 Å². The lowest BCUT2D eigenvalue weighted by Crippen LogP contribution is -2.53. The van der Waals surface area contributed by atoms with E-state index in [1.807, 2.05) is 26.0 Å². The molecule has 2 aliphatic heterocycles. The minimum Gasteiger partial charge on any atom is -0.562 e. The standard InChI is InChI=1S/C23H34BN2O4/c1-5-17(9-19(13(2)3)22(25)27)26-11-15(12-26)8-16-6-7-18-14(4)10-24-30-21(18)20(16)23(28)29/h6-7,13-15,17,19H,5,8-12H2,1-4H3,(H2,25,27)(H,28,29)/t14-,17?,19?/m0/s1. The maximum Gasteiger partial charge on any atom is 0.370 e. The highest BCUT2D eigenvalue weighted by Crippen LogP contribution is 2.39. The fourth-order valence-electron chi connectivity index (χ4n) is 4.89. The van der Waals surface area contributed by atoms with Gasteiger partial charge in [0.1, 0.15) is 11.3 Å². The van der Waals surface area contributed by atoms with Crippen molar-refractivity contribution in [2.45, 2.75) is 65.2 Å². The minimum atomic E-state index is -0.923. The average Bonchev–Trinajstić information content (AvgIpc) is 2.65. The second kappa shape index (κ2) is 9.42. The topological polar surface area (TPSA) is 92.9 Å². The number of aromatic carboxylic acids is 1. The summed E-state index contributed by atoms with van der Waals surface area (Å²) in [5.74, 6) is 0.184. The predicted molar refractivity (Wildman–Crippen MR) is 118 cm³/mol. The van der Waals surface area contributed by atoms with Gasteiger partial charge in [-0.05, 0) is 54.5 Å². The molecule has 3 atom stereocenters. The highest BCUT2D eigenvalue weighted by molar-refractivity contribution is 6.29. The van der Waals surface area contributed by atoms with Gasteiger partial charge in [0.25, 0.3) is 0 Å². The Morgan fingerprint density at radius 3 is 2.60 bits per heavy atom. The summed E-state index contributed by atoms with van der Waals surface area (Å²) < 4.78 is 5.67. The van der Waals surface area contributed by atoms with Gasteiger partial charge in [-0.2, -0.15) is 0 Å². The number of likely N-dealkylation sites (tertiary alicyclic amines) is 1. The van der Waals surface area contributed by atoms with Crippen molar-refractivity contribution in [1.82, 2.24) is 4.90 Å². The highest BCUT2D eigenvalue weighted by atomic mass is 16.4. The molecule has 1 aromatic carbocycles. The first-order valence-corrected chi connectivity index (χ1v) is 11.1. The van der Waals surface area contributed by atoms with Crippen molar-refractivity contribution in [3.8, 4) is 5.75 Å². The molecule has 0 aromatic heterocycles. The fourth-order valence-corrected chi connectivity index (χ4v) is 4.89. The van der Waals surface area contributed by atoms with Crippen LogP contribution in [0, 0.1) is 17.8 Å². The number of rotatable bonds is 9. The van der Waals surface area contributed by atoms with Gasteiger partial charge in [-0.15, -0.1) is 0 Å². The number of carboxylic acids is 1. The van der Waals surface area contributed by atoms with Gasteiger partial charge in [-0.3, -0.25) is 9.69 Å². The van der Waals surface area contributed by atoms with Crippen LogP contribution >= 0.6 is 0 Å². The second-order valence-electron chi connectivity index (χ2n) is 9.32. The predicted octanol–water partition coefficient (Wildman–Crippen LogP) is 3.32. The minimum absolute atomic E-state index is 0.108. The number of amides is 1. The molecule has 0 bridgehead atoms. The zero-order valence-electron chi connectivity index (χ0n) is 18.6. The largest absolute Gasteiger partial charge is 0.562 e. The summed E-state index contributed by atoms with van der Waals surface area (Å²) in [6.45, 7) is 10.2. The van der Waals surface area contributed by atoms with Gasteiger partial charge in [-0.25, -0.2) is 4.79 Å². The third-order valence-electron chi connectivity index (χ3n) is 6.85. The van der Waals surface area contributed by atoms with Crippen LogP contribution < -0.4 is 10.4 Å². The van der Waals surface area contributed by atoms with Crippen LogP contribution in [0.5, 0.6) is 5.75 Å². The second-order valence-corrected chi connectivity index (χ2v) is 9.32. The molecule has 30 heavy (non-hydrogen) atoms. The lowest BCUT2D eigenvalue weighted by atomic mass is 9.76. The first-order valence-electron chi connectivity index (χ1n) is 11.1. The van der Waals surface area contributed by atoms with Crippen LogP contribution in [0.1, 0.15) is 67.9 Å². The number of hydrogen-bond acceptors (Lipinski definition) is 4. The van der Waals surface area contributed by atoms with Crippen LogP contribution in [0.25, 0.3) is 0 Å². The van der Waals surface area contributed by atoms with E-state index in [2.05, 4.69) is 18.7 Å². The van der Waals surface area contributed by atoms with Crippen molar-refractivity contribution in [2.24, 2.45) is 23.5 Å². The van der Waals surface area contributed by atoms with Crippen LogP contribution in [0.15, 0.2) is 12.1 Å². The average molecular weight is 413 g/mol. The summed E-state index contributed by atoms with van der Waals surface area (Å²) >= 11 is 0. The fraction of sp³-hybridized carbons (Fsp3) is 0.652. The molecule has 163 valence electrons. The van der Waals surface area contributed by atoms with Crippen LogP contribution in [-0.2, 0) is 11.2 Å². The summed E-state index contributed by atoms with van der Waals surface area (Å²) in [6, 6.07) is 4.33. The Morgan fingerprint density at radius 2 is 2.03 bits per heavy atom. The van der Waals surface area contributed by atoms with Gasteiger partial charge < -0.3 is 15.5 Å². The van der Waals surface area contributed by atoms with Gasteiger partial charge in [-0.1, -0.05) is 39.8 Å². The van der Waals surface area contributed by atoms with E-state index in [1.54, 1.807) is 7.48 Å². The molecule has 1 radical (unpaired) electrons. The molecule has 1 amide bonds. The normalized spacial score (nSPS) is 21.2. The van der Waals surface area contributed by atoms with Crippen molar-refractivity contribution >= 4 is 19.4 Å². The van der Waals surface area contributed by atoms with E-state index < -0.39 is 5.97 Å². The summed E-state index contributed by atoms with van der Waals surface area (Å²) in [5.41, 5.74) is 7.75. The van der Waals surface area contributed by atoms with Crippen molar-refractivity contribution in [3.05, 3.63) is 28.8 Å². The maximum atomic E-state index is 12.0. The van der Waals surface area contributed by atoms with Crippen LogP contribution in [-0.4, -0.2) is 48.5 Å². The zero-order chi connectivity index (χ0) is 22.0. The van der Waals surface area contributed by atoms with Crippen molar-refractivity contribution in [1.29, 1.82) is 0 Å². The van der Waals surface area contributed by atoms with E-state index in [0.29, 0.717) is 23.3 Å². The Bertz CT molecular complexity index is 792. The van der Waals surface area contributed by atoms with E-state index in [0.717, 1.165) is 49.8 Å². The van der Waals surface area contributed by atoms with Crippen LogP contribution in [0.2, 0.25) is 6.32 Å². The van der Waals surface area contributed by atoms with Crippen LogP contribution in [0.3, 0.4) is 0 Å². The first kappa shape index (κ1) is 22.7. The highest BCUT2D eigenvalue weighted by Gasteiger charge is 2.36. The molecule has 7 heteroatoms. The van der Waals surface area contributed by atoms with E-state index in [4.69, 9.17) is 10.4 Å². The number of primary amides is 1. The van der Waals surface area contributed by atoms with Crippen molar-refractivity contribution in [3.63, 3.8) is 0 Å². The quantitative estimate of drug-likeness (QED) is 0.606. The van der Waals surface area contributed by atoms with Gasteiger partial charge >= 0.3 is 13.5 Å². The van der Waals surface area contributed by atoms with Gasteiger partial charge in [0.2, 0.25) is 5.91 Å². The number of carbonyl (C=O) groups is 2. The van der Waals surface area contributed by atoms with E-state index >= 15 is 0 Å². The molecule has 6 nitrogen and oxygen atoms in total. The lowest BCUT2D eigenvalue weighted by Gasteiger charge is -2.45. The molecule has 0 saturated carbocycles. The molecular weight excluding hydrogens is 379 g/mol. The van der Waals surface area contributed by atoms with Crippen molar-refractivity contribution in [2.75, 3.05) is 13.1 Å². The molecule has 1 aromatic rings. The zero-order valence-corrected chi connectivity index (χ0v) is 18.6. The number of carboxylic acid groups (broad SMARTS) is 1. The van der Waals surface area contributed by atoms with Gasteiger partial charge in [0.05, 0.1) is 0 Å². The summed E-state index contributed by atoms with van der Waals surface area (Å²) in [6.07, 6.45) is 3.29. The van der Waals surface area contributed by atoms with Crippen molar-refractivity contribution < 1.29 is 19.3 Å². The molecule has 3 rings (SSSR count). The number of nitrogens with zero attached hydrogens (tertiary/aromatic N) is 1. The summed E-state index contributed by atoms with van der Waals surface area (Å²) in [4.78, 5) is 26.2. The molecule has 0 spiro atoms. The summed E-state index contributed by atoms with van der Waals surface area (Å²) in [5, 5.41) is 9.84. The Labute approximate surface area is 180 Å². The Kier molecular flexibility index (Phi) is 7.12. The number of benzene rings is 1. The van der Waals surface area contributed by atoms with Crippen LogP contribution in [0.4, 0.5) is 0 Å². The smallest absolute Gasteiger partial charge is 0.370 e. The molecular formula is C23H34BN2O4. The number of nitrogens with two attached hydrogens (primary N) is 1. The molecule has 2 aliphatic rings. The Balaban J connectivity index is 1.67. The molecule has 1 fully saturated rings. The third kappa shape index (κ3) is 4.66. The third-order valence-corrected chi connectivity index (χ3v) is 6.85. The van der Waals surface area contributed by atoms with E-state index in [-0.39, 0.29) is 23.7 Å². The molecule has 3 N–H and O–H groups in total. The molecule has 2 heterocycles. The first-order chi connectivity index (χ1) is 14.2. The molecule has 0 aliphatic carbocycles. The van der Waals surface area contributed by atoms with E-state index in [1.165, 1.54) is 0 Å². The Morgan fingerprint density at radius 1 is 1.33 bits per heavy atom. The van der Waals surface area contributed by atoms with Gasteiger partial charge in [0, 0.05) is 25.0 Å². The number of hydrogen-bond donors (Lipinski definition) is 2. The maximum absolute atomic E-state index is 12.0. The monoisotopic (exact) mass is 413 g/mol. The lowest BCUT2D eigenvalue weighted by molar-refractivity contribution is -0.124. The number of carbonyl (C=O) groups excluding carboxylic acids is 1. The molecule has 2 unspecified atom stereocenters. The molecule has 1 saturated heterocycles.